The molecule has 0 atom stereocenters. The molecule has 3 nitrogen and oxygen atoms in total. The second kappa shape index (κ2) is 8.75. The van der Waals surface area contributed by atoms with Gasteiger partial charge in [-0.25, -0.2) is 0 Å². The highest BCUT2D eigenvalue weighted by Gasteiger charge is 2.14. The fourth-order valence-electron chi connectivity index (χ4n) is 2.00. The summed E-state index contributed by atoms with van der Waals surface area (Å²) in [5.74, 6) is 2.33. The van der Waals surface area contributed by atoms with Gasteiger partial charge in [0.15, 0.2) is 11.5 Å². The first-order chi connectivity index (χ1) is 11.0. The summed E-state index contributed by atoms with van der Waals surface area (Å²) in [5, 5.41) is 0. The molecule has 0 saturated heterocycles. The summed E-state index contributed by atoms with van der Waals surface area (Å²) in [6.45, 7) is 0. The molecule has 0 heterocycles. The van der Waals surface area contributed by atoms with Gasteiger partial charge >= 0.3 is 0 Å². The van der Waals surface area contributed by atoms with Crippen LogP contribution in [-0.4, -0.2) is 21.3 Å². The van der Waals surface area contributed by atoms with Crippen LogP contribution in [0.15, 0.2) is 36.4 Å². The molecule has 0 radical (unpaired) electrons. The van der Waals surface area contributed by atoms with Gasteiger partial charge in [0.2, 0.25) is 0 Å². The van der Waals surface area contributed by atoms with Gasteiger partial charge in [0.25, 0.3) is 0 Å². The minimum atomic E-state index is 0.732. The maximum Gasteiger partial charge on any atom is 0.161 e. The first kappa shape index (κ1) is 19.1. The Labute approximate surface area is 177 Å². The number of hydrogen-bond donors (Lipinski definition) is 0. The molecule has 2 aromatic rings. The van der Waals surface area contributed by atoms with Crippen LogP contribution in [0.5, 0.6) is 17.2 Å². The molecule has 0 saturated carbocycles. The molecule has 2 aromatic carbocycles. The van der Waals surface area contributed by atoms with Crippen molar-refractivity contribution >= 4 is 74.9 Å². The average molecular weight is 648 g/mol. The molecule has 0 aliphatic heterocycles. The molecule has 0 bridgehead atoms. The average Bonchev–Trinajstić information content (AvgIpc) is 2.60. The number of rotatable bonds is 5. The fourth-order valence-corrected chi connectivity index (χ4v) is 4.64. The van der Waals surface area contributed by atoms with E-state index in [0.29, 0.717) is 0 Å². The number of hydrogen-bond acceptors (Lipinski definition) is 3. The monoisotopic (exact) mass is 648 g/mol. The van der Waals surface area contributed by atoms with E-state index in [9.17, 15) is 0 Å². The van der Waals surface area contributed by atoms with Gasteiger partial charge in [0.05, 0.1) is 21.3 Å². The minimum Gasteiger partial charge on any atom is -0.497 e. The summed E-state index contributed by atoms with van der Waals surface area (Å²) in [6, 6.07) is 12.1. The summed E-state index contributed by atoms with van der Waals surface area (Å²) in [4.78, 5) is 0. The van der Waals surface area contributed by atoms with Crippen LogP contribution in [0.2, 0.25) is 0 Å². The van der Waals surface area contributed by atoms with Crippen molar-refractivity contribution < 1.29 is 14.2 Å². The van der Waals surface area contributed by atoms with Crippen molar-refractivity contribution in [3.8, 4) is 17.2 Å². The van der Waals surface area contributed by atoms with Crippen LogP contribution in [0.1, 0.15) is 11.1 Å². The third kappa shape index (κ3) is 4.44. The van der Waals surface area contributed by atoms with Crippen LogP contribution in [-0.2, 0) is 0 Å². The van der Waals surface area contributed by atoms with Crippen molar-refractivity contribution in [2.45, 2.75) is 0 Å². The van der Waals surface area contributed by atoms with E-state index >= 15 is 0 Å². The lowest BCUT2D eigenvalue weighted by atomic mass is 10.1. The van der Waals surface area contributed by atoms with Crippen molar-refractivity contribution in [3.05, 3.63) is 51.1 Å². The largest absolute Gasteiger partial charge is 0.497 e. The maximum atomic E-state index is 5.42. The Kier molecular flexibility index (Phi) is 7.26. The Morgan fingerprint density at radius 2 is 1.35 bits per heavy atom. The lowest BCUT2D eigenvalue weighted by molar-refractivity contribution is 0.354. The van der Waals surface area contributed by atoms with Crippen LogP contribution < -0.4 is 14.2 Å². The Morgan fingerprint density at radius 1 is 0.783 bits per heavy atom. The topological polar surface area (TPSA) is 27.7 Å². The Bertz CT molecular complexity index is 725. The van der Waals surface area contributed by atoms with Crippen molar-refractivity contribution in [2.24, 2.45) is 0 Å². The first-order valence-electron chi connectivity index (χ1n) is 6.63. The summed E-state index contributed by atoms with van der Waals surface area (Å²) in [7, 11) is 4.97. The third-order valence-corrected chi connectivity index (χ3v) is 7.45. The molecule has 0 spiro atoms. The predicted molar refractivity (Wildman–Crippen MR) is 120 cm³/mol. The highest BCUT2D eigenvalue weighted by molar-refractivity contribution is 14.1. The Morgan fingerprint density at radius 3 is 1.87 bits per heavy atom. The molecule has 0 amide bonds. The lowest BCUT2D eigenvalue weighted by Crippen LogP contribution is -1.94. The van der Waals surface area contributed by atoms with E-state index < -0.39 is 0 Å². The molecule has 0 unspecified atom stereocenters. The molecule has 0 aliphatic rings. The number of methoxy groups -OCH3 is 3. The van der Waals surface area contributed by atoms with Crippen molar-refractivity contribution in [1.82, 2.24) is 0 Å². The quantitative estimate of drug-likeness (QED) is 0.294. The summed E-state index contributed by atoms with van der Waals surface area (Å²) in [5.41, 5.74) is 2.28. The van der Waals surface area contributed by atoms with Gasteiger partial charge in [-0.1, -0.05) is 12.1 Å². The van der Waals surface area contributed by atoms with E-state index in [1.807, 2.05) is 24.3 Å². The molecule has 2 rings (SSSR count). The van der Waals surface area contributed by atoms with Gasteiger partial charge < -0.3 is 14.2 Å². The van der Waals surface area contributed by atoms with E-state index in [2.05, 4.69) is 79.9 Å². The van der Waals surface area contributed by atoms with E-state index in [0.717, 1.165) is 31.9 Å². The van der Waals surface area contributed by atoms with Gasteiger partial charge in [0.1, 0.15) is 5.75 Å². The molecule has 6 heteroatoms. The SMILES string of the molecule is COc1ccc(C(I)=C(I)c2cc(OC)c(OC)cc2I)cc1. The van der Waals surface area contributed by atoms with Gasteiger partial charge in [-0.05, 0) is 97.6 Å². The van der Waals surface area contributed by atoms with Crippen LogP contribution in [0, 0.1) is 3.57 Å². The summed E-state index contributed by atoms with van der Waals surface area (Å²) < 4.78 is 19.5. The van der Waals surface area contributed by atoms with E-state index in [4.69, 9.17) is 14.2 Å². The molecule has 0 fully saturated rings. The van der Waals surface area contributed by atoms with Gasteiger partial charge in [-0.2, -0.15) is 0 Å². The predicted octanol–water partition coefficient (Wildman–Crippen LogP) is 6.01. The molecular weight excluding hydrogens is 633 g/mol. The van der Waals surface area contributed by atoms with Crippen LogP contribution in [0.25, 0.3) is 7.16 Å². The zero-order valence-corrected chi connectivity index (χ0v) is 19.3. The highest BCUT2D eigenvalue weighted by atomic mass is 127. The van der Waals surface area contributed by atoms with Crippen molar-refractivity contribution in [3.63, 3.8) is 0 Å². The number of benzene rings is 2. The standard InChI is InChI=1S/C17H15I3O3/c1-21-11-6-4-10(5-7-11)16(19)17(20)12-8-14(22-2)15(23-3)9-13(12)18/h4-9H,1-3H3. The molecule has 0 aliphatic carbocycles. The first-order valence-corrected chi connectivity index (χ1v) is 9.87. The molecule has 122 valence electrons. The van der Waals surface area contributed by atoms with E-state index in [-0.39, 0.29) is 0 Å². The third-order valence-electron chi connectivity index (χ3n) is 3.25. The second-order valence-corrected chi connectivity index (χ2v) is 7.86. The van der Waals surface area contributed by atoms with Gasteiger partial charge in [-0.3, -0.25) is 0 Å². The van der Waals surface area contributed by atoms with E-state index in [1.165, 1.54) is 7.16 Å². The molecular formula is C17H15I3O3. The smallest absolute Gasteiger partial charge is 0.161 e. The number of halogens is 3. The lowest BCUT2D eigenvalue weighted by Gasteiger charge is -2.13. The molecule has 0 aromatic heterocycles. The van der Waals surface area contributed by atoms with Crippen LogP contribution >= 0.6 is 67.8 Å². The van der Waals surface area contributed by atoms with Crippen molar-refractivity contribution in [2.75, 3.05) is 21.3 Å². The summed E-state index contributed by atoms with van der Waals surface area (Å²) in [6.07, 6.45) is 0. The fraction of sp³-hybridized carbons (Fsp3) is 0.176. The minimum absolute atomic E-state index is 0.732. The van der Waals surface area contributed by atoms with Gasteiger partial charge in [-0.15, -0.1) is 0 Å². The highest BCUT2D eigenvalue weighted by Crippen LogP contribution is 2.42. The maximum absolute atomic E-state index is 5.42. The van der Waals surface area contributed by atoms with Crippen molar-refractivity contribution in [1.29, 1.82) is 0 Å². The zero-order valence-electron chi connectivity index (χ0n) is 12.8. The molecule has 0 N–H and O–H groups in total. The summed E-state index contributed by atoms with van der Waals surface area (Å²) >= 11 is 7.08. The van der Waals surface area contributed by atoms with Crippen LogP contribution in [0.3, 0.4) is 0 Å². The van der Waals surface area contributed by atoms with E-state index in [1.54, 1.807) is 21.3 Å². The normalized spacial score (nSPS) is 11.7. The second-order valence-electron chi connectivity index (χ2n) is 4.54. The Balaban J connectivity index is 2.50. The zero-order chi connectivity index (χ0) is 17.0. The Hall–Kier alpha value is -0.230. The van der Waals surface area contributed by atoms with Crippen LogP contribution in [0.4, 0.5) is 0 Å². The number of ether oxygens (including phenoxy) is 3. The molecule has 23 heavy (non-hydrogen) atoms. The van der Waals surface area contributed by atoms with Gasteiger partial charge in [0, 0.05) is 16.3 Å².